The lowest BCUT2D eigenvalue weighted by Gasteiger charge is -2.23. The first-order valence-corrected chi connectivity index (χ1v) is 8.02. The Kier molecular flexibility index (Phi) is 4.42. The molecule has 0 aliphatic carbocycles. The average Bonchev–Trinajstić information content (AvgIpc) is 3.17. The third-order valence-electron chi connectivity index (χ3n) is 4.50. The summed E-state index contributed by atoms with van der Waals surface area (Å²) >= 11 is 0. The van der Waals surface area contributed by atoms with Gasteiger partial charge in [-0.1, -0.05) is 6.07 Å². The molecule has 1 N–H and O–H groups in total. The van der Waals surface area contributed by atoms with Gasteiger partial charge >= 0.3 is 6.03 Å². The highest BCUT2D eigenvalue weighted by Crippen LogP contribution is 2.37. The number of carbonyl (C=O) groups is 3. The van der Waals surface area contributed by atoms with E-state index in [1.165, 1.54) is 11.9 Å². The predicted octanol–water partition coefficient (Wildman–Crippen LogP) is 0.554. The number of hydrogen-bond donors (Lipinski definition) is 1. The maximum absolute atomic E-state index is 12.9. The van der Waals surface area contributed by atoms with Crippen molar-refractivity contribution in [3.8, 4) is 17.6 Å². The van der Waals surface area contributed by atoms with E-state index in [2.05, 4.69) is 5.32 Å². The topological polar surface area (TPSA) is 112 Å². The Morgan fingerprint density at radius 1 is 1.38 bits per heavy atom. The van der Waals surface area contributed by atoms with E-state index < -0.39 is 23.4 Å². The molecule has 1 aromatic carbocycles. The highest BCUT2D eigenvalue weighted by atomic mass is 16.7. The first kappa shape index (κ1) is 17.5. The molecular weight excluding hydrogens is 340 g/mol. The van der Waals surface area contributed by atoms with Crippen LogP contribution in [0.1, 0.15) is 18.9 Å². The summed E-state index contributed by atoms with van der Waals surface area (Å²) in [7, 11) is 1.52. The Morgan fingerprint density at radius 2 is 2.12 bits per heavy atom. The summed E-state index contributed by atoms with van der Waals surface area (Å²) in [6, 6.07) is 6.30. The second-order valence-electron chi connectivity index (χ2n) is 6.24. The van der Waals surface area contributed by atoms with E-state index in [9.17, 15) is 14.4 Å². The number of nitrogens with zero attached hydrogens (tertiary/aromatic N) is 3. The molecule has 1 aromatic rings. The molecular formula is C17H18N4O5. The van der Waals surface area contributed by atoms with Crippen molar-refractivity contribution in [3.05, 3.63) is 23.8 Å². The Hall–Kier alpha value is -3.28. The van der Waals surface area contributed by atoms with Crippen LogP contribution in [-0.4, -0.2) is 54.6 Å². The maximum Gasteiger partial charge on any atom is 0.325 e. The van der Waals surface area contributed by atoms with Gasteiger partial charge in [-0.05, 0) is 24.6 Å². The first-order valence-electron chi connectivity index (χ1n) is 8.02. The summed E-state index contributed by atoms with van der Waals surface area (Å²) in [6.45, 7) is 1.53. The molecule has 136 valence electrons. The van der Waals surface area contributed by atoms with Crippen LogP contribution in [0.3, 0.4) is 0 Å². The Bertz CT molecular complexity index is 818. The zero-order chi connectivity index (χ0) is 18.9. The van der Waals surface area contributed by atoms with E-state index in [-0.39, 0.29) is 26.3 Å². The summed E-state index contributed by atoms with van der Waals surface area (Å²) in [5.74, 6) is 0.124. The highest BCUT2D eigenvalue weighted by molar-refractivity contribution is 6.09. The van der Waals surface area contributed by atoms with Gasteiger partial charge in [0.15, 0.2) is 11.5 Å². The van der Waals surface area contributed by atoms with Crippen molar-refractivity contribution in [2.75, 3.05) is 26.9 Å². The molecule has 0 bridgehead atoms. The van der Waals surface area contributed by atoms with Gasteiger partial charge in [0.1, 0.15) is 12.1 Å². The van der Waals surface area contributed by atoms with Gasteiger partial charge < -0.3 is 19.7 Å². The van der Waals surface area contributed by atoms with Crippen LogP contribution in [0.15, 0.2) is 18.2 Å². The van der Waals surface area contributed by atoms with Crippen molar-refractivity contribution < 1.29 is 23.9 Å². The quantitative estimate of drug-likeness (QED) is 0.770. The molecule has 0 aromatic heterocycles. The fourth-order valence-electron chi connectivity index (χ4n) is 2.84. The number of likely N-dealkylation sites (N-methyl/N-ethyl adjacent to an activating group) is 1. The van der Waals surface area contributed by atoms with Gasteiger partial charge in [0.2, 0.25) is 12.7 Å². The molecule has 2 heterocycles. The normalized spacial score (nSPS) is 20.7. The van der Waals surface area contributed by atoms with Crippen LogP contribution < -0.4 is 14.8 Å². The summed E-state index contributed by atoms with van der Waals surface area (Å²) in [4.78, 5) is 39.6. The van der Waals surface area contributed by atoms with Crippen LogP contribution in [0.4, 0.5) is 4.79 Å². The third kappa shape index (κ3) is 2.90. The molecule has 0 spiro atoms. The van der Waals surface area contributed by atoms with Crippen molar-refractivity contribution in [1.29, 1.82) is 5.26 Å². The largest absolute Gasteiger partial charge is 0.454 e. The number of hydrogen-bond acceptors (Lipinski definition) is 6. The van der Waals surface area contributed by atoms with Crippen LogP contribution in [-0.2, 0) is 15.1 Å². The monoisotopic (exact) mass is 358 g/mol. The van der Waals surface area contributed by atoms with Crippen molar-refractivity contribution in [2.24, 2.45) is 0 Å². The molecule has 9 nitrogen and oxygen atoms in total. The SMILES string of the molecule is CN(CCC#N)C(=O)CN1C(=O)NC(C)(c2ccc3c(c2)OCO3)C1=O. The molecule has 1 fully saturated rings. The third-order valence-corrected chi connectivity index (χ3v) is 4.50. The van der Waals surface area contributed by atoms with E-state index >= 15 is 0 Å². The van der Waals surface area contributed by atoms with Crippen molar-refractivity contribution in [2.45, 2.75) is 18.9 Å². The van der Waals surface area contributed by atoms with E-state index in [0.29, 0.717) is 17.1 Å². The van der Waals surface area contributed by atoms with Crippen LogP contribution in [0, 0.1) is 11.3 Å². The van der Waals surface area contributed by atoms with Gasteiger partial charge in [-0.15, -0.1) is 0 Å². The second kappa shape index (κ2) is 6.55. The van der Waals surface area contributed by atoms with Gasteiger partial charge in [-0.25, -0.2) is 4.79 Å². The summed E-state index contributed by atoms with van der Waals surface area (Å²) < 4.78 is 10.6. The molecule has 2 aliphatic heterocycles. The Labute approximate surface area is 150 Å². The fraction of sp³-hybridized carbons (Fsp3) is 0.412. The number of imide groups is 1. The number of amides is 4. The number of urea groups is 1. The Morgan fingerprint density at radius 3 is 2.85 bits per heavy atom. The van der Waals surface area contributed by atoms with Crippen LogP contribution in [0.2, 0.25) is 0 Å². The molecule has 3 rings (SSSR count). The van der Waals surface area contributed by atoms with Crippen LogP contribution >= 0.6 is 0 Å². The summed E-state index contributed by atoms with van der Waals surface area (Å²) in [5.41, 5.74) is -0.767. The van der Waals surface area contributed by atoms with Gasteiger partial charge in [0.25, 0.3) is 5.91 Å². The van der Waals surface area contributed by atoms with Crippen molar-refractivity contribution >= 4 is 17.8 Å². The molecule has 2 aliphatic rings. The molecule has 0 radical (unpaired) electrons. The lowest BCUT2D eigenvalue weighted by atomic mass is 9.91. The molecule has 1 unspecified atom stereocenters. The van der Waals surface area contributed by atoms with Crippen molar-refractivity contribution in [1.82, 2.24) is 15.1 Å². The molecule has 26 heavy (non-hydrogen) atoms. The first-order chi connectivity index (χ1) is 12.4. The van der Waals surface area contributed by atoms with Gasteiger partial charge in [-0.2, -0.15) is 5.26 Å². The van der Waals surface area contributed by atoms with Crippen LogP contribution in [0.25, 0.3) is 0 Å². The molecule has 4 amide bonds. The summed E-state index contributed by atoms with van der Waals surface area (Å²) in [5, 5.41) is 11.2. The number of carbonyl (C=O) groups excluding carboxylic acids is 3. The maximum atomic E-state index is 12.9. The lowest BCUT2D eigenvalue weighted by molar-refractivity contribution is -0.138. The minimum absolute atomic E-state index is 0.103. The smallest absolute Gasteiger partial charge is 0.325 e. The van der Waals surface area contributed by atoms with Gasteiger partial charge in [-0.3, -0.25) is 14.5 Å². The molecule has 1 atom stereocenters. The standard InChI is InChI=1S/C17H18N4O5/c1-17(11-4-5-12-13(8-11)26-10-25-12)15(23)21(16(24)19-17)9-14(22)20(2)7-3-6-18/h4-5,8H,3,7,9-10H2,1-2H3,(H,19,24). The van der Waals surface area contributed by atoms with Crippen molar-refractivity contribution in [3.63, 3.8) is 0 Å². The number of rotatable bonds is 5. The van der Waals surface area contributed by atoms with E-state index in [0.717, 1.165) is 4.90 Å². The lowest BCUT2D eigenvalue weighted by Crippen LogP contribution is -2.43. The number of nitrogens with one attached hydrogen (secondary N) is 1. The summed E-state index contributed by atoms with van der Waals surface area (Å²) in [6.07, 6.45) is 0.178. The molecule has 0 saturated carbocycles. The number of nitriles is 1. The minimum Gasteiger partial charge on any atom is -0.454 e. The van der Waals surface area contributed by atoms with E-state index in [1.807, 2.05) is 6.07 Å². The predicted molar refractivity (Wildman–Crippen MR) is 88.0 cm³/mol. The zero-order valence-electron chi connectivity index (χ0n) is 14.4. The molecule has 1 saturated heterocycles. The Balaban J connectivity index is 1.78. The van der Waals surface area contributed by atoms with E-state index in [4.69, 9.17) is 14.7 Å². The van der Waals surface area contributed by atoms with Gasteiger partial charge in [0, 0.05) is 13.6 Å². The highest BCUT2D eigenvalue weighted by Gasteiger charge is 2.50. The minimum atomic E-state index is -1.30. The number of fused-ring (bicyclic) bond motifs is 1. The van der Waals surface area contributed by atoms with E-state index in [1.54, 1.807) is 25.1 Å². The zero-order valence-corrected chi connectivity index (χ0v) is 14.4. The van der Waals surface area contributed by atoms with Gasteiger partial charge in [0.05, 0.1) is 12.5 Å². The van der Waals surface area contributed by atoms with Crippen LogP contribution in [0.5, 0.6) is 11.5 Å². The molecule has 9 heteroatoms. The second-order valence-corrected chi connectivity index (χ2v) is 6.24. The average molecular weight is 358 g/mol. The number of benzene rings is 1. The fourth-order valence-corrected chi connectivity index (χ4v) is 2.84. The number of ether oxygens (including phenoxy) is 2.